The van der Waals surface area contributed by atoms with E-state index in [-0.39, 0.29) is 12.0 Å². The van der Waals surface area contributed by atoms with Gasteiger partial charge in [-0.05, 0) is 44.2 Å². The molecule has 1 fully saturated rings. The Hall–Kier alpha value is -2.83. The second kappa shape index (κ2) is 8.03. The molecule has 138 valence electrons. The summed E-state index contributed by atoms with van der Waals surface area (Å²) in [5.41, 5.74) is 0.902. The van der Waals surface area contributed by atoms with Crippen LogP contribution in [0.2, 0.25) is 0 Å². The molecule has 7 heteroatoms. The molecule has 1 amide bonds. The lowest BCUT2D eigenvalue weighted by Gasteiger charge is -2.34. The van der Waals surface area contributed by atoms with Gasteiger partial charge in [-0.2, -0.15) is 4.98 Å². The van der Waals surface area contributed by atoms with Gasteiger partial charge in [0, 0.05) is 45.0 Å². The largest absolute Gasteiger partial charge is 0.491 e. The summed E-state index contributed by atoms with van der Waals surface area (Å²) in [6.45, 7) is 8.61. The molecule has 2 heterocycles. The molecule has 0 saturated carbocycles. The average Bonchev–Trinajstić information content (AvgIpc) is 2.63. The highest BCUT2D eigenvalue weighted by Crippen LogP contribution is 2.21. The lowest BCUT2D eigenvalue weighted by molar-refractivity contribution is -0.129. The zero-order valence-electron chi connectivity index (χ0n) is 15.5. The number of benzene rings is 1. The van der Waals surface area contributed by atoms with Crippen molar-refractivity contribution in [2.45, 2.75) is 26.9 Å². The van der Waals surface area contributed by atoms with Gasteiger partial charge >= 0.3 is 0 Å². The predicted octanol–water partition coefficient (Wildman–Crippen LogP) is 2.68. The molecule has 2 aromatic rings. The third kappa shape index (κ3) is 4.62. The number of hydrogen-bond donors (Lipinski definition) is 1. The fourth-order valence-electron chi connectivity index (χ4n) is 2.85. The van der Waals surface area contributed by atoms with E-state index in [1.807, 2.05) is 49.1 Å². The molecule has 1 aliphatic rings. The molecule has 0 unspecified atom stereocenters. The number of amides is 1. The van der Waals surface area contributed by atoms with Gasteiger partial charge in [-0.15, -0.1) is 0 Å². The SMILES string of the molecule is CC(=O)N1CCN(c2ccnc(Nc3ccc(OC(C)C)cc3)n2)CC1. The van der Waals surface area contributed by atoms with Crippen molar-refractivity contribution in [2.75, 3.05) is 36.4 Å². The molecule has 0 spiro atoms. The van der Waals surface area contributed by atoms with E-state index >= 15 is 0 Å². The Labute approximate surface area is 154 Å². The highest BCUT2D eigenvalue weighted by molar-refractivity contribution is 5.73. The van der Waals surface area contributed by atoms with E-state index in [4.69, 9.17) is 4.74 Å². The van der Waals surface area contributed by atoms with Gasteiger partial charge in [0.1, 0.15) is 11.6 Å². The summed E-state index contributed by atoms with van der Waals surface area (Å²) in [5, 5.41) is 3.22. The molecule has 1 aliphatic heterocycles. The Bertz CT molecular complexity index is 740. The Morgan fingerprint density at radius 3 is 2.42 bits per heavy atom. The summed E-state index contributed by atoms with van der Waals surface area (Å²) in [5.74, 6) is 2.38. The number of piperazine rings is 1. The van der Waals surface area contributed by atoms with Crippen LogP contribution in [0.5, 0.6) is 5.75 Å². The summed E-state index contributed by atoms with van der Waals surface area (Å²) in [6.07, 6.45) is 1.90. The number of carbonyl (C=O) groups excluding carboxylic acids is 1. The van der Waals surface area contributed by atoms with Crippen LogP contribution >= 0.6 is 0 Å². The third-order valence-electron chi connectivity index (χ3n) is 4.17. The van der Waals surface area contributed by atoms with Gasteiger partial charge < -0.3 is 19.9 Å². The first-order valence-electron chi connectivity index (χ1n) is 8.88. The zero-order valence-corrected chi connectivity index (χ0v) is 15.5. The Balaban J connectivity index is 1.63. The number of aromatic nitrogens is 2. The number of rotatable bonds is 5. The quantitative estimate of drug-likeness (QED) is 0.889. The Morgan fingerprint density at radius 1 is 1.12 bits per heavy atom. The van der Waals surface area contributed by atoms with Gasteiger partial charge in [0.15, 0.2) is 0 Å². The lowest BCUT2D eigenvalue weighted by atomic mass is 10.3. The summed E-state index contributed by atoms with van der Waals surface area (Å²) in [6, 6.07) is 9.63. The molecule has 3 rings (SSSR count). The van der Waals surface area contributed by atoms with E-state index < -0.39 is 0 Å². The summed E-state index contributed by atoms with van der Waals surface area (Å²) < 4.78 is 5.65. The molecular formula is C19H25N5O2. The fraction of sp³-hybridized carbons (Fsp3) is 0.421. The minimum absolute atomic E-state index is 0.125. The summed E-state index contributed by atoms with van der Waals surface area (Å²) >= 11 is 0. The second-order valence-electron chi connectivity index (χ2n) is 6.55. The Kier molecular flexibility index (Phi) is 5.55. The van der Waals surface area contributed by atoms with Crippen LogP contribution in [0.15, 0.2) is 36.5 Å². The van der Waals surface area contributed by atoms with Crippen molar-refractivity contribution >= 4 is 23.4 Å². The van der Waals surface area contributed by atoms with E-state index in [1.54, 1.807) is 13.1 Å². The molecule has 1 saturated heterocycles. The van der Waals surface area contributed by atoms with Gasteiger partial charge in [-0.3, -0.25) is 4.79 Å². The van der Waals surface area contributed by atoms with Gasteiger partial charge in [-0.1, -0.05) is 0 Å². The topological polar surface area (TPSA) is 70.6 Å². The van der Waals surface area contributed by atoms with Crippen molar-refractivity contribution in [1.82, 2.24) is 14.9 Å². The number of carbonyl (C=O) groups is 1. The van der Waals surface area contributed by atoms with Crippen LogP contribution in [0.4, 0.5) is 17.5 Å². The molecule has 26 heavy (non-hydrogen) atoms. The molecular weight excluding hydrogens is 330 g/mol. The molecule has 0 aliphatic carbocycles. The third-order valence-corrected chi connectivity index (χ3v) is 4.17. The van der Waals surface area contributed by atoms with Crippen molar-refractivity contribution in [3.05, 3.63) is 36.5 Å². The summed E-state index contributed by atoms with van der Waals surface area (Å²) in [4.78, 5) is 24.4. The molecule has 1 N–H and O–H groups in total. The van der Waals surface area contributed by atoms with Crippen LogP contribution in [0.3, 0.4) is 0 Å². The maximum Gasteiger partial charge on any atom is 0.229 e. The van der Waals surface area contributed by atoms with Gasteiger partial charge in [0.25, 0.3) is 0 Å². The summed E-state index contributed by atoms with van der Waals surface area (Å²) in [7, 11) is 0. The number of nitrogens with zero attached hydrogens (tertiary/aromatic N) is 4. The number of nitrogens with one attached hydrogen (secondary N) is 1. The number of hydrogen-bond acceptors (Lipinski definition) is 6. The number of ether oxygens (including phenoxy) is 1. The Morgan fingerprint density at radius 2 is 1.81 bits per heavy atom. The van der Waals surface area contributed by atoms with Crippen LogP contribution in [-0.4, -0.2) is 53.1 Å². The highest BCUT2D eigenvalue weighted by Gasteiger charge is 2.19. The average molecular weight is 355 g/mol. The van der Waals surface area contributed by atoms with Crippen molar-refractivity contribution in [1.29, 1.82) is 0 Å². The monoisotopic (exact) mass is 355 g/mol. The van der Waals surface area contributed by atoms with Crippen LogP contribution < -0.4 is 15.0 Å². The van der Waals surface area contributed by atoms with Crippen LogP contribution in [0.25, 0.3) is 0 Å². The standard InChI is InChI=1S/C19H25N5O2/c1-14(2)26-17-6-4-16(5-7-17)21-19-20-9-8-18(22-19)24-12-10-23(11-13-24)15(3)25/h4-9,14H,10-13H2,1-3H3,(H,20,21,22). The number of anilines is 3. The molecule has 0 radical (unpaired) electrons. The zero-order chi connectivity index (χ0) is 18.5. The van der Waals surface area contributed by atoms with Gasteiger partial charge in [0.05, 0.1) is 6.10 Å². The van der Waals surface area contributed by atoms with Gasteiger partial charge in [-0.25, -0.2) is 4.98 Å². The molecule has 1 aromatic carbocycles. The van der Waals surface area contributed by atoms with E-state index in [0.717, 1.165) is 43.4 Å². The highest BCUT2D eigenvalue weighted by atomic mass is 16.5. The second-order valence-corrected chi connectivity index (χ2v) is 6.55. The molecule has 0 atom stereocenters. The predicted molar refractivity (Wildman–Crippen MR) is 102 cm³/mol. The maximum atomic E-state index is 11.4. The first kappa shape index (κ1) is 18.0. The normalized spacial score (nSPS) is 14.5. The van der Waals surface area contributed by atoms with Crippen molar-refractivity contribution in [2.24, 2.45) is 0 Å². The molecule has 7 nitrogen and oxygen atoms in total. The van der Waals surface area contributed by atoms with Crippen LogP contribution in [0.1, 0.15) is 20.8 Å². The van der Waals surface area contributed by atoms with Crippen molar-refractivity contribution in [3.8, 4) is 5.75 Å². The van der Waals surface area contributed by atoms with E-state index in [0.29, 0.717) is 5.95 Å². The van der Waals surface area contributed by atoms with Crippen LogP contribution in [-0.2, 0) is 4.79 Å². The minimum Gasteiger partial charge on any atom is -0.491 e. The first-order chi connectivity index (χ1) is 12.5. The van der Waals surface area contributed by atoms with Gasteiger partial charge in [0.2, 0.25) is 11.9 Å². The first-order valence-corrected chi connectivity index (χ1v) is 8.88. The van der Waals surface area contributed by atoms with Crippen molar-refractivity contribution < 1.29 is 9.53 Å². The van der Waals surface area contributed by atoms with E-state index in [9.17, 15) is 4.79 Å². The fourth-order valence-corrected chi connectivity index (χ4v) is 2.85. The molecule has 0 bridgehead atoms. The molecule has 1 aromatic heterocycles. The van der Waals surface area contributed by atoms with Crippen molar-refractivity contribution in [3.63, 3.8) is 0 Å². The minimum atomic E-state index is 0.125. The maximum absolute atomic E-state index is 11.4. The smallest absolute Gasteiger partial charge is 0.229 e. The van der Waals surface area contributed by atoms with E-state index in [1.165, 1.54) is 0 Å². The van der Waals surface area contributed by atoms with Crippen LogP contribution in [0, 0.1) is 0 Å². The lowest BCUT2D eigenvalue weighted by Crippen LogP contribution is -2.48. The van der Waals surface area contributed by atoms with E-state index in [2.05, 4.69) is 20.2 Å².